The highest BCUT2D eigenvalue weighted by Gasteiger charge is 2.15. The number of rotatable bonds is 6. The van der Waals surface area contributed by atoms with E-state index in [0.717, 1.165) is 36.1 Å². The first kappa shape index (κ1) is 13.0. The Labute approximate surface area is 108 Å². The Balaban J connectivity index is 1.88. The summed E-state index contributed by atoms with van der Waals surface area (Å²) in [6.45, 7) is 6.30. The van der Waals surface area contributed by atoms with Crippen LogP contribution in [0.5, 0.6) is 0 Å². The lowest BCUT2D eigenvalue weighted by molar-refractivity contribution is 0.293. The van der Waals surface area contributed by atoms with E-state index in [2.05, 4.69) is 17.9 Å². The fourth-order valence-electron chi connectivity index (χ4n) is 2.22. The first-order valence-corrected chi connectivity index (χ1v) is 7.53. The normalized spacial score (nSPS) is 16.8. The van der Waals surface area contributed by atoms with Gasteiger partial charge in [0.15, 0.2) is 0 Å². The number of hydrogen-bond acceptors (Lipinski definition) is 4. The predicted molar refractivity (Wildman–Crippen MR) is 73.2 cm³/mol. The van der Waals surface area contributed by atoms with Crippen LogP contribution in [-0.4, -0.2) is 30.3 Å². The Hall–Kier alpha value is -0.450. The second-order valence-corrected chi connectivity index (χ2v) is 5.75. The summed E-state index contributed by atoms with van der Waals surface area (Å²) in [5, 5.41) is 0. The van der Waals surface area contributed by atoms with Crippen LogP contribution in [0.1, 0.15) is 29.9 Å². The van der Waals surface area contributed by atoms with E-state index in [1.165, 1.54) is 31.5 Å². The number of hydrogen-bond donors (Lipinski definition) is 1. The Kier molecular flexibility index (Phi) is 4.95. The van der Waals surface area contributed by atoms with E-state index in [-0.39, 0.29) is 0 Å². The molecule has 2 heterocycles. The van der Waals surface area contributed by atoms with Gasteiger partial charge >= 0.3 is 0 Å². The molecule has 1 aromatic rings. The van der Waals surface area contributed by atoms with Gasteiger partial charge in [-0.2, -0.15) is 11.8 Å². The van der Waals surface area contributed by atoms with Crippen LogP contribution in [0.3, 0.4) is 0 Å². The summed E-state index contributed by atoms with van der Waals surface area (Å²) in [6.07, 6.45) is 2.66. The summed E-state index contributed by atoms with van der Waals surface area (Å²) < 4.78 is 5.92. The minimum Gasteiger partial charge on any atom is -0.464 e. The average molecular weight is 254 g/mol. The molecule has 0 saturated carbocycles. The van der Waals surface area contributed by atoms with Crippen LogP contribution in [0.15, 0.2) is 10.5 Å². The van der Waals surface area contributed by atoms with Gasteiger partial charge in [-0.05, 0) is 44.5 Å². The zero-order valence-electron chi connectivity index (χ0n) is 10.6. The highest BCUT2D eigenvalue weighted by Crippen LogP contribution is 2.22. The van der Waals surface area contributed by atoms with Crippen LogP contribution in [0, 0.1) is 6.92 Å². The smallest absolute Gasteiger partial charge is 0.121 e. The molecule has 0 bridgehead atoms. The van der Waals surface area contributed by atoms with E-state index in [4.69, 9.17) is 10.2 Å². The number of nitrogens with two attached hydrogens (primary N) is 1. The van der Waals surface area contributed by atoms with E-state index in [9.17, 15) is 0 Å². The molecule has 1 aliphatic heterocycles. The van der Waals surface area contributed by atoms with Gasteiger partial charge in [0.25, 0.3) is 0 Å². The van der Waals surface area contributed by atoms with Crippen molar-refractivity contribution in [2.75, 3.05) is 25.4 Å². The highest BCUT2D eigenvalue weighted by molar-refractivity contribution is 7.98. The largest absolute Gasteiger partial charge is 0.464 e. The highest BCUT2D eigenvalue weighted by atomic mass is 32.2. The molecule has 4 heteroatoms. The van der Waals surface area contributed by atoms with Gasteiger partial charge in [-0.1, -0.05) is 0 Å². The predicted octanol–water partition coefficient (Wildman–Crippen LogP) is 2.38. The first-order valence-electron chi connectivity index (χ1n) is 6.38. The molecule has 1 aromatic heterocycles. The molecule has 1 fully saturated rings. The molecule has 0 spiro atoms. The van der Waals surface area contributed by atoms with Gasteiger partial charge < -0.3 is 10.2 Å². The molecule has 0 unspecified atom stereocenters. The summed E-state index contributed by atoms with van der Waals surface area (Å²) in [5.41, 5.74) is 6.77. The summed E-state index contributed by atoms with van der Waals surface area (Å²) in [5.74, 6) is 4.18. The van der Waals surface area contributed by atoms with Crippen molar-refractivity contribution in [1.82, 2.24) is 4.90 Å². The van der Waals surface area contributed by atoms with Gasteiger partial charge in [0.1, 0.15) is 11.5 Å². The SMILES string of the molecule is Cc1cc(CSCCN)oc1CN1CCCC1. The second-order valence-electron chi connectivity index (χ2n) is 4.64. The van der Waals surface area contributed by atoms with Gasteiger partial charge in [0.05, 0.1) is 12.3 Å². The molecular weight excluding hydrogens is 232 g/mol. The quantitative estimate of drug-likeness (QED) is 0.792. The van der Waals surface area contributed by atoms with Gasteiger partial charge in [-0.3, -0.25) is 4.90 Å². The molecule has 0 radical (unpaired) electrons. The molecule has 0 amide bonds. The number of nitrogens with zero attached hydrogens (tertiary/aromatic N) is 1. The lowest BCUT2D eigenvalue weighted by Crippen LogP contribution is -2.18. The van der Waals surface area contributed by atoms with Gasteiger partial charge in [0.2, 0.25) is 0 Å². The van der Waals surface area contributed by atoms with Gasteiger partial charge in [0, 0.05) is 12.3 Å². The van der Waals surface area contributed by atoms with Crippen molar-refractivity contribution in [3.63, 3.8) is 0 Å². The summed E-state index contributed by atoms with van der Waals surface area (Å²) in [4.78, 5) is 2.47. The second kappa shape index (κ2) is 6.47. The third-order valence-electron chi connectivity index (χ3n) is 3.14. The van der Waals surface area contributed by atoms with Crippen LogP contribution in [0.4, 0.5) is 0 Å². The molecular formula is C13H22N2OS. The lowest BCUT2D eigenvalue weighted by Gasteiger charge is -2.12. The Morgan fingerprint density at radius 1 is 1.41 bits per heavy atom. The Bertz CT molecular complexity index is 345. The van der Waals surface area contributed by atoms with Crippen LogP contribution in [-0.2, 0) is 12.3 Å². The topological polar surface area (TPSA) is 42.4 Å². The number of thioether (sulfide) groups is 1. The maximum atomic E-state index is 5.92. The maximum absolute atomic E-state index is 5.92. The fraction of sp³-hybridized carbons (Fsp3) is 0.692. The summed E-state index contributed by atoms with van der Waals surface area (Å²) in [7, 11) is 0. The van der Waals surface area contributed by atoms with Crippen molar-refractivity contribution >= 4 is 11.8 Å². The molecule has 0 aliphatic carbocycles. The molecule has 1 aliphatic rings. The number of aryl methyl sites for hydroxylation is 1. The monoisotopic (exact) mass is 254 g/mol. The molecule has 0 atom stereocenters. The maximum Gasteiger partial charge on any atom is 0.121 e. The molecule has 3 nitrogen and oxygen atoms in total. The van der Waals surface area contributed by atoms with Crippen molar-refractivity contribution in [2.45, 2.75) is 32.1 Å². The van der Waals surface area contributed by atoms with E-state index in [1.54, 1.807) is 0 Å². The minimum absolute atomic E-state index is 0.741. The Morgan fingerprint density at radius 3 is 2.88 bits per heavy atom. The molecule has 1 saturated heterocycles. The van der Waals surface area contributed by atoms with E-state index < -0.39 is 0 Å². The van der Waals surface area contributed by atoms with Crippen molar-refractivity contribution < 1.29 is 4.42 Å². The van der Waals surface area contributed by atoms with Crippen LogP contribution < -0.4 is 5.73 Å². The van der Waals surface area contributed by atoms with E-state index in [1.807, 2.05) is 11.8 Å². The summed E-state index contributed by atoms with van der Waals surface area (Å²) in [6, 6.07) is 2.18. The molecule has 17 heavy (non-hydrogen) atoms. The van der Waals surface area contributed by atoms with Crippen LogP contribution in [0.25, 0.3) is 0 Å². The van der Waals surface area contributed by atoms with E-state index in [0.29, 0.717) is 0 Å². The lowest BCUT2D eigenvalue weighted by atomic mass is 10.2. The van der Waals surface area contributed by atoms with Crippen LogP contribution >= 0.6 is 11.8 Å². The minimum atomic E-state index is 0.741. The van der Waals surface area contributed by atoms with Crippen molar-refractivity contribution in [2.24, 2.45) is 5.73 Å². The van der Waals surface area contributed by atoms with Crippen molar-refractivity contribution in [3.05, 3.63) is 23.2 Å². The average Bonchev–Trinajstić information content (AvgIpc) is 2.91. The molecule has 0 aromatic carbocycles. The fourth-order valence-corrected chi connectivity index (χ4v) is 2.87. The zero-order valence-corrected chi connectivity index (χ0v) is 11.4. The standard InChI is InChI=1S/C13H22N2OS/c1-11-8-12(10-17-7-4-14)16-13(11)9-15-5-2-3-6-15/h8H,2-7,9-10,14H2,1H3. The molecule has 2 rings (SSSR count). The first-order chi connectivity index (χ1) is 8.29. The van der Waals surface area contributed by atoms with Crippen molar-refractivity contribution in [3.8, 4) is 0 Å². The van der Waals surface area contributed by atoms with Crippen LogP contribution in [0.2, 0.25) is 0 Å². The Morgan fingerprint density at radius 2 is 2.18 bits per heavy atom. The van der Waals surface area contributed by atoms with E-state index >= 15 is 0 Å². The van der Waals surface area contributed by atoms with Gasteiger partial charge in [-0.15, -0.1) is 0 Å². The molecule has 96 valence electrons. The third kappa shape index (κ3) is 3.76. The third-order valence-corrected chi connectivity index (χ3v) is 4.16. The number of furan rings is 1. The molecule has 2 N–H and O–H groups in total. The van der Waals surface area contributed by atoms with Gasteiger partial charge in [-0.25, -0.2) is 0 Å². The summed E-state index contributed by atoms with van der Waals surface area (Å²) >= 11 is 1.84. The zero-order chi connectivity index (χ0) is 12.1. The number of likely N-dealkylation sites (tertiary alicyclic amines) is 1. The van der Waals surface area contributed by atoms with Crippen molar-refractivity contribution in [1.29, 1.82) is 0 Å².